The molecule has 1 amide bonds. The molecule has 1 saturated heterocycles. The summed E-state index contributed by atoms with van der Waals surface area (Å²) in [5.41, 5.74) is 0.818. The molecule has 1 N–H and O–H groups in total. The minimum atomic E-state index is -0.642. The van der Waals surface area contributed by atoms with E-state index in [9.17, 15) is 13.6 Å². The van der Waals surface area contributed by atoms with Crippen LogP contribution in [0.4, 0.5) is 8.78 Å². The fourth-order valence-electron chi connectivity index (χ4n) is 2.82. The molecule has 2 aromatic rings. The molecule has 0 aliphatic carbocycles. The van der Waals surface area contributed by atoms with Gasteiger partial charge in [0.2, 0.25) is 5.91 Å². The van der Waals surface area contributed by atoms with Crippen LogP contribution in [0.2, 0.25) is 0 Å². The van der Waals surface area contributed by atoms with E-state index in [4.69, 9.17) is 0 Å². The molecule has 0 spiro atoms. The van der Waals surface area contributed by atoms with Crippen molar-refractivity contribution in [3.05, 3.63) is 65.7 Å². The van der Waals surface area contributed by atoms with Gasteiger partial charge >= 0.3 is 0 Å². The number of carbonyl (C=O) groups is 1. The molecular weight excluding hydrogens is 378 g/mol. The van der Waals surface area contributed by atoms with Gasteiger partial charge < -0.3 is 10.2 Å². The van der Waals surface area contributed by atoms with Gasteiger partial charge in [0.05, 0.1) is 0 Å². The van der Waals surface area contributed by atoms with Crippen molar-refractivity contribution in [2.24, 2.45) is 0 Å². The summed E-state index contributed by atoms with van der Waals surface area (Å²) in [6.07, 6.45) is 0.892. The van der Waals surface area contributed by atoms with E-state index in [2.05, 4.69) is 5.32 Å². The lowest BCUT2D eigenvalue weighted by Gasteiger charge is -2.26. The first kappa shape index (κ1) is 20.7. The molecule has 1 fully saturated rings. The summed E-state index contributed by atoms with van der Waals surface area (Å²) < 4.78 is 27.3. The lowest BCUT2D eigenvalue weighted by molar-refractivity contribution is -0.130. The second-order valence-corrected chi connectivity index (χ2v) is 7.06. The summed E-state index contributed by atoms with van der Waals surface area (Å²) in [5, 5.41) is 2.72. The molecule has 0 bridgehead atoms. The summed E-state index contributed by atoms with van der Waals surface area (Å²) in [5.74, 6) is -1.30. The Bertz CT molecular complexity index is 725. The highest BCUT2D eigenvalue weighted by Gasteiger charge is 2.28. The predicted molar refractivity (Wildman–Crippen MR) is 103 cm³/mol. The van der Waals surface area contributed by atoms with Crippen molar-refractivity contribution in [3.8, 4) is 0 Å². The summed E-state index contributed by atoms with van der Waals surface area (Å²) in [6.45, 7) is 2.96. The van der Waals surface area contributed by atoms with Crippen molar-refractivity contribution in [3.63, 3.8) is 0 Å². The van der Waals surface area contributed by atoms with Crippen LogP contribution in [0.15, 0.2) is 53.4 Å². The summed E-state index contributed by atoms with van der Waals surface area (Å²) in [7, 11) is 0. The van der Waals surface area contributed by atoms with Gasteiger partial charge in [-0.1, -0.05) is 30.3 Å². The van der Waals surface area contributed by atoms with Gasteiger partial charge in [0.15, 0.2) is 0 Å². The van der Waals surface area contributed by atoms with Crippen LogP contribution in [-0.2, 0) is 4.79 Å². The van der Waals surface area contributed by atoms with Gasteiger partial charge in [-0.3, -0.25) is 4.79 Å². The van der Waals surface area contributed by atoms with Gasteiger partial charge in [0, 0.05) is 30.6 Å². The highest BCUT2D eigenvalue weighted by molar-refractivity contribution is 8.00. The number of nitrogens with one attached hydrogen (secondary N) is 1. The number of halogens is 3. The number of thioether (sulfide) groups is 1. The standard InChI is InChI=1S/C19H20F2N2OS.ClH/c20-15-7-8-17(16(21)13-15)25-18(14-5-2-1-3-6-14)19(24)23-11-4-9-22-10-12-23;/h1-3,5-8,13,18,22H,4,9-12H2;1H. The number of carbonyl (C=O) groups excluding carboxylic acids is 1. The van der Waals surface area contributed by atoms with Crippen LogP contribution in [0.3, 0.4) is 0 Å². The highest BCUT2D eigenvalue weighted by Crippen LogP contribution is 2.38. The molecule has 0 radical (unpaired) electrons. The third-order valence-electron chi connectivity index (χ3n) is 4.12. The van der Waals surface area contributed by atoms with E-state index in [-0.39, 0.29) is 23.2 Å². The van der Waals surface area contributed by atoms with E-state index < -0.39 is 16.9 Å². The molecule has 26 heavy (non-hydrogen) atoms. The van der Waals surface area contributed by atoms with Crippen molar-refractivity contribution in [1.82, 2.24) is 10.2 Å². The van der Waals surface area contributed by atoms with Crippen molar-refractivity contribution in [2.45, 2.75) is 16.6 Å². The van der Waals surface area contributed by atoms with Gasteiger partial charge in [0.1, 0.15) is 16.9 Å². The van der Waals surface area contributed by atoms with E-state index in [1.807, 2.05) is 35.2 Å². The minimum absolute atomic E-state index is 0. The normalized spacial score (nSPS) is 15.7. The smallest absolute Gasteiger partial charge is 0.240 e. The maximum absolute atomic E-state index is 14.1. The number of rotatable bonds is 4. The van der Waals surface area contributed by atoms with Crippen LogP contribution in [0.25, 0.3) is 0 Å². The monoisotopic (exact) mass is 398 g/mol. The fraction of sp³-hybridized carbons (Fsp3) is 0.316. The van der Waals surface area contributed by atoms with Crippen LogP contribution in [-0.4, -0.2) is 37.0 Å². The molecule has 140 valence electrons. The van der Waals surface area contributed by atoms with E-state index in [0.717, 1.165) is 42.9 Å². The van der Waals surface area contributed by atoms with Crippen LogP contribution >= 0.6 is 24.2 Å². The predicted octanol–water partition coefficient (Wildman–Crippen LogP) is 4.04. The largest absolute Gasteiger partial charge is 0.340 e. The fourth-order valence-corrected chi connectivity index (χ4v) is 3.93. The third kappa shape index (κ3) is 5.19. The maximum atomic E-state index is 14.1. The Kier molecular flexibility index (Phi) is 7.87. The number of amides is 1. The van der Waals surface area contributed by atoms with Crippen molar-refractivity contribution < 1.29 is 13.6 Å². The van der Waals surface area contributed by atoms with Gasteiger partial charge in [-0.15, -0.1) is 24.2 Å². The van der Waals surface area contributed by atoms with E-state index >= 15 is 0 Å². The zero-order chi connectivity index (χ0) is 17.6. The van der Waals surface area contributed by atoms with Gasteiger partial charge in [-0.2, -0.15) is 0 Å². The first-order valence-electron chi connectivity index (χ1n) is 8.31. The quantitative estimate of drug-likeness (QED) is 0.789. The molecule has 3 rings (SSSR count). The minimum Gasteiger partial charge on any atom is -0.340 e. The molecule has 7 heteroatoms. The Labute approximate surface area is 162 Å². The van der Waals surface area contributed by atoms with Crippen molar-refractivity contribution in [1.29, 1.82) is 0 Å². The number of benzene rings is 2. The second kappa shape index (κ2) is 9.90. The first-order chi connectivity index (χ1) is 12.1. The molecule has 3 nitrogen and oxygen atoms in total. The Hall–Kier alpha value is -1.63. The zero-order valence-electron chi connectivity index (χ0n) is 14.2. The summed E-state index contributed by atoms with van der Waals surface area (Å²) >= 11 is 1.13. The highest BCUT2D eigenvalue weighted by atomic mass is 35.5. The maximum Gasteiger partial charge on any atom is 0.240 e. The van der Waals surface area contributed by atoms with Crippen LogP contribution in [0.5, 0.6) is 0 Å². The summed E-state index contributed by atoms with van der Waals surface area (Å²) in [6, 6.07) is 12.8. The lowest BCUT2D eigenvalue weighted by atomic mass is 10.1. The molecule has 0 aromatic heterocycles. The van der Waals surface area contributed by atoms with Crippen LogP contribution in [0.1, 0.15) is 17.2 Å². The summed E-state index contributed by atoms with van der Waals surface area (Å²) in [4.78, 5) is 15.2. The molecular formula is C19H21ClF2N2OS. The molecule has 1 unspecified atom stereocenters. The van der Waals surface area contributed by atoms with Crippen LogP contribution in [0, 0.1) is 11.6 Å². The zero-order valence-corrected chi connectivity index (χ0v) is 15.8. The topological polar surface area (TPSA) is 32.3 Å². The van der Waals surface area contributed by atoms with Gasteiger partial charge in [0.25, 0.3) is 0 Å². The molecule has 1 aliphatic heterocycles. The average molecular weight is 399 g/mol. The lowest BCUT2D eigenvalue weighted by Crippen LogP contribution is -2.36. The van der Waals surface area contributed by atoms with E-state index in [1.165, 1.54) is 12.1 Å². The Morgan fingerprint density at radius 3 is 2.58 bits per heavy atom. The Balaban J connectivity index is 0.00000243. The van der Waals surface area contributed by atoms with E-state index in [0.29, 0.717) is 13.1 Å². The number of nitrogens with zero attached hydrogens (tertiary/aromatic N) is 1. The van der Waals surface area contributed by atoms with Crippen molar-refractivity contribution in [2.75, 3.05) is 26.2 Å². The van der Waals surface area contributed by atoms with E-state index in [1.54, 1.807) is 0 Å². The molecule has 1 atom stereocenters. The number of hydrogen-bond acceptors (Lipinski definition) is 3. The molecule has 1 heterocycles. The van der Waals surface area contributed by atoms with Crippen molar-refractivity contribution >= 4 is 30.1 Å². The average Bonchev–Trinajstić information content (AvgIpc) is 2.91. The first-order valence-corrected chi connectivity index (χ1v) is 9.19. The molecule has 2 aromatic carbocycles. The Morgan fingerprint density at radius 2 is 1.85 bits per heavy atom. The van der Waals surface area contributed by atoms with Crippen LogP contribution < -0.4 is 5.32 Å². The molecule has 1 aliphatic rings. The number of hydrogen-bond donors (Lipinski definition) is 1. The SMILES string of the molecule is Cl.O=C(C(Sc1ccc(F)cc1F)c1ccccc1)N1CCCNCC1. The second-order valence-electron chi connectivity index (χ2n) is 5.91. The Morgan fingerprint density at radius 1 is 1.08 bits per heavy atom. The third-order valence-corrected chi connectivity index (χ3v) is 5.41. The van der Waals surface area contributed by atoms with Gasteiger partial charge in [-0.25, -0.2) is 8.78 Å². The molecule has 0 saturated carbocycles. The van der Waals surface area contributed by atoms with Gasteiger partial charge in [-0.05, 0) is 30.7 Å².